The van der Waals surface area contributed by atoms with E-state index in [-0.39, 0.29) is 6.61 Å². The Kier molecular flexibility index (Phi) is 5.78. The Morgan fingerprint density at radius 2 is 1.76 bits per heavy atom. The fourth-order valence-corrected chi connectivity index (χ4v) is 2.98. The molecule has 0 aliphatic carbocycles. The smallest absolute Gasteiger partial charge is 0.141 e. The van der Waals surface area contributed by atoms with Gasteiger partial charge < -0.3 is 15.2 Å². The van der Waals surface area contributed by atoms with Crippen molar-refractivity contribution >= 4 is 28.5 Å². The lowest BCUT2D eigenvalue weighted by Crippen LogP contribution is -1.97. The molecule has 4 aromatic rings. The van der Waals surface area contributed by atoms with Crippen LogP contribution in [0.5, 0.6) is 5.75 Å². The molecule has 0 amide bonds. The van der Waals surface area contributed by atoms with Crippen LogP contribution in [0.2, 0.25) is 0 Å². The number of anilines is 2. The van der Waals surface area contributed by atoms with Crippen LogP contribution in [0.4, 0.5) is 11.5 Å². The molecule has 1 heterocycles. The van der Waals surface area contributed by atoms with E-state index >= 15 is 0 Å². The zero-order valence-electron chi connectivity index (χ0n) is 15.8. The van der Waals surface area contributed by atoms with E-state index in [1.165, 1.54) is 0 Å². The standard InChI is InChI=1S/C24H21N3O2/c28-14-4-7-18-8-13-23-22(15-18)24(26-17-25-23)27-20-9-11-21(12-10-20)29-16-19-5-2-1-3-6-19/h1-13,15,17,28H,14,16H2,(H,25,26,27)/b7-4+. The van der Waals surface area contributed by atoms with Crippen molar-refractivity contribution in [2.24, 2.45) is 0 Å². The van der Waals surface area contributed by atoms with E-state index < -0.39 is 0 Å². The predicted molar refractivity (Wildman–Crippen MR) is 116 cm³/mol. The topological polar surface area (TPSA) is 67.3 Å². The Labute approximate surface area is 169 Å². The lowest BCUT2D eigenvalue weighted by atomic mass is 10.1. The zero-order valence-corrected chi connectivity index (χ0v) is 15.8. The number of hydrogen-bond donors (Lipinski definition) is 2. The second-order valence-electron chi connectivity index (χ2n) is 6.51. The van der Waals surface area contributed by atoms with Crippen LogP contribution in [0.3, 0.4) is 0 Å². The van der Waals surface area contributed by atoms with E-state index in [0.29, 0.717) is 6.61 Å². The molecule has 0 unspecified atom stereocenters. The number of nitrogens with zero attached hydrogens (tertiary/aromatic N) is 2. The molecule has 3 aromatic carbocycles. The molecule has 0 saturated carbocycles. The molecule has 0 radical (unpaired) electrons. The quantitative estimate of drug-likeness (QED) is 0.472. The molecule has 2 N–H and O–H groups in total. The third-order valence-electron chi connectivity index (χ3n) is 4.44. The minimum absolute atomic E-state index is 0.00707. The molecule has 29 heavy (non-hydrogen) atoms. The molecule has 5 heteroatoms. The van der Waals surface area contributed by atoms with Crippen molar-refractivity contribution in [1.82, 2.24) is 9.97 Å². The highest BCUT2D eigenvalue weighted by atomic mass is 16.5. The number of ether oxygens (including phenoxy) is 1. The van der Waals surface area contributed by atoms with Gasteiger partial charge in [-0.1, -0.05) is 48.6 Å². The van der Waals surface area contributed by atoms with E-state index in [4.69, 9.17) is 9.84 Å². The molecule has 0 spiro atoms. The minimum Gasteiger partial charge on any atom is -0.489 e. The van der Waals surface area contributed by atoms with Gasteiger partial charge in [0.15, 0.2) is 0 Å². The molecule has 0 bridgehead atoms. The van der Waals surface area contributed by atoms with Gasteiger partial charge in [0.25, 0.3) is 0 Å². The first-order valence-corrected chi connectivity index (χ1v) is 9.38. The largest absolute Gasteiger partial charge is 0.489 e. The third-order valence-corrected chi connectivity index (χ3v) is 4.44. The average Bonchev–Trinajstić information content (AvgIpc) is 2.78. The van der Waals surface area contributed by atoms with Crippen molar-refractivity contribution in [2.45, 2.75) is 6.61 Å². The van der Waals surface area contributed by atoms with Crippen molar-refractivity contribution < 1.29 is 9.84 Å². The summed E-state index contributed by atoms with van der Waals surface area (Å²) in [5.74, 6) is 1.54. The number of aliphatic hydroxyl groups is 1. The van der Waals surface area contributed by atoms with Crippen LogP contribution in [-0.4, -0.2) is 21.7 Å². The summed E-state index contributed by atoms with van der Waals surface area (Å²) in [6.07, 6.45) is 5.12. The highest BCUT2D eigenvalue weighted by Gasteiger charge is 2.05. The van der Waals surface area contributed by atoms with Crippen LogP contribution < -0.4 is 10.1 Å². The van der Waals surface area contributed by atoms with E-state index in [1.807, 2.05) is 78.9 Å². The number of nitrogens with one attached hydrogen (secondary N) is 1. The van der Waals surface area contributed by atoms with Gasteiger partial charge in [0.1, 0.15) is 24.5 Å². The van der Waals surface area contributed by atoms with Gasteiger partial charge in [-0.05, 0) is 47.5 Å². The Morgan fingerprint density at radius 3 is 2.55 bits per heavy atom. The van der Waals surface area contributed by atoms with Crippen molar-refractivity contribution in [1.29, 1.82) is 0 Å². The summed E-state index contributed by atoms with van der Waals surface area (Å²) in [6, 6.07) is 23.8. The Morgan fingerprint density at radius 1 is 0.931 bits per heavy atom. The maximum atomic E-state index is 8.98. The molecule has 4 rings (SSSR count). The Balaban J connectivity index is 1.50. The first-order valence-electron chi connectivity index (χ1n) is 9.38. The lowest BCUT2D eigenvalue weighted by molar-refractivity contribution is 0.306. The van der Waals surface area contributed by atoms with Gasteiger partial charge in [-0.3, -0.25) is 0 Å². The molecule has 0 atom stereocenters. The molecule has 5 nitrogen and oxygen atoms in total. The number of hydrogen-bond acceptors (Lipinski definition) is 5. The summed E-state index contributed by atoms with van der Waals surface area (Å²) in [4.78, 5) is 8.72. The second kappa shape index (κ2) is 8.99. The lowest BCUT2D eigenvalue weighted by Gasteiger charge is -2.10. The summed E-state index contributed by atoms with van der Waals surface area (Å²) in [5.41, 5.74) is 3.88. The van der Waals surface area contributed by atoms with Gasteiger partial charge in [-0.2, -0.15) is 0 Å². The Bertz CT molecular complexity index is 1110. The first kappa shape index (κ1) is 18.7. The summed E-state index contributed by atoms with van der Waals surface area (Å²) in [7, 11) is 0. The number of aliphatic hydroxyl groups excluding tert-OH is 1. The summed E-state index contributed by atoms with van der Waals surface area (Å²) in [5, 5.41) is 13.2. The van der Waals surface area contributed by atoms with Crippen LogP contribution in [0.15, 0.2) is 85.2 Å². The van der Waals surface area contributed by atoms with Gasteiger partial charge in [0, 0.05) is 11.1 Å². The molecular formula is C24H21N3O2. The van der Waals surface area contributed by atoms with Crippen LogP contribution in [0.1, 0.15) is 11.1 Å². The van der Waals surface area contributed by atoms with Crippen molar-refractivity contribution in [3.8, 4) is 5.75 Å². The van der Waals surface area contributed by atoms with E-state index in [1.54, 1.807) is 12.4 Å². The van der Waals surface area contributed by atoms with Gasteiger partial charge in [-0.15, -0.1) is 0 Å². The molecular weight excluding hydrogens is 362 g/mol. The number of fused-ring (bicyclic) bond motifs is 1. The van der Waals surface area contributed by atoms with Gasteiger partial charge in [0.2, 0.25) is 0 Å². The molecule has 0 fully saturated rings. The summed E-state index contributed by atoms with van der Waals surface area (Å²) < 4.78 is 5.84. The monoisotopic (exact) mass is 383 g/mol. The van der Waals surface area contributed by atoms with Gasteiger partial charge >= 0.3 is 0 Å². The summed E-state index contributed by atoms with van der Waals surface area (Å²) in [6.45, 7) is 0.543. The SMILES string of the molecule is OC/C=C/c1ccc2ncnc(Nc3ccc(OCc4ccccc4)cc3)c2c1. The van der Waals surface area contributed by atoms with Crippen LogP contribution in [0.25, 0.3) is 17.0 Å². The third kappa shape index (κ3) is 4.78. The predicted octanol–water partition coefficient (Wildman–Crippen LogP) is 4.96. The first-order chi connectivity index (χ1) is 14.3. The van der Waals surface area contributed by atoms with Crippen LogP contribution in [-0.2, 0) is 6.61 Å². The molecule has 144 valence electrons. The van der Waals surface area contributed by atoms with Crippen molar-refractivity contribution in [2.75, 3.05) is 11.9 Å². The van der Waals surface area contributed by atoms with Crippen LogP contribution >= 0.6 is 0 Å². The van der Waals surface area contributed by atoms with Gasteiger partial charge in [0.05, 0.1) is 12.1 Å². The highest BCUT2D eigenvalue weighted by molar-refractivity contribution is 5.92. The fourth-order valence-electron chi connectivity index (χ4n) is 2.98. The highest BCUT2D eigenvalue weighted by Crippen LogP contribution is 2.26. The average molecular weight is 383 g/mol. The maximum absolute atomic E-state index is 8.98. The van der Waals surface area contributed by atoms with E-state index in [2.05, 4.69) is 15.3 Å². The normalized spacial score (nSPS) is 11.1. The van der Waals surface area contributed by atoms with Crippen molar-refractivity contribution in [3.05, 3.63) is 96.3 Å². The number of benzene rings is 3. The molecule has 1 aromatic heterocycles. The second-order valence-corrected chi connectivity index (χ2v) is 6.51. The van der Waals surface area contributed by atoms with E-state index in [0.717, 1.165) is 39.3 Å². The van der Waals surface area contributed by atoms with Crippen molar-refractivity contribution in [3.63, 3.8) is 0 Å². The molecule has 0 aliphatic rings. The Hall–Kier alpha value is -3.70. The molecule has 0 saturated heterocycles. The van der Waals surface area contributed by atoms with Gasteiger partial charge in [-0.25, -0.2) is 9.97 Å². The zero-order chi connectivity index (χ0) is 19.9. The molecule has 0 aliphatic heterocycles. The maximum Gasteiger partial charge on any atom is 0.141 e. The summed E-state index contributed by atoms with van der Waals surface area (Å²) >= 11 is 0. The fraction of sp³-hybridized carbons (Fsp3) is 0.0833. The number of rotatable bonds is 7. The van der Waals surface area contributed by atoms with E-state index in [9.17, 15) is 0 Å². The number of aromatic nitrogens is 2. The minimum atomic E-state index is 0.00707. The van der Waals surface area contributed by atoms with Crippen LogP contribution in [0, 0.1) is 0 Å².